The highest BCUT2D eigenvalue weighted by Gasteiger charge is 2.30. The minimum absolute atomic E-state index is 0.0125. The summed E-state index contributed by atoms with van der Waals surface area (Å²) in [6.07, 6.45) is 0.484. The maximum Gasteiger partial charge on any atom is 0.307 e. The first-order valence-electron chi connectivity index (χ1n) is 5.86. The van der Waals surface area contributed by atoms with Gasteiger partial charge >= 0.3 is 5.97 Å². The third-order valence-electron chi connectivity index (χ3n) is 3.29. The molecule has 1 heterocycles. The monoisotopic (exact) mass is 268 g/mol. The van der Waals surface area contributed by atoms with Crippen molar-refractivity contribution in [1.82, 2.24) is 4.90 Å². The number of benzene rings is 1. The van der Waals surface area contributed by atoms with Crippen molar-refractivity contribution < 1.29 is 19.2 Å². The predicted molar refractivity (Wildman–Crippen MR) is 64.1 cm³/mol. The molecule has 2 rings (SSSR count). The van der Waals surface area contributed by atoms with Crippen molar-refractivity contribution in [3.8, 4) is 0 Å². The highest BCUT2D eigenvalue weighted by Crippen LogP contribution is 2.26. The van der Waals surface area contributed by atoms with Crippen LogP contribution < -0.4 is 0 Å². The summed E-state index contributed by atoms with van der Waals surface area (Å²) in [7, 11) is 0. The third kappa shape index (κ3) is 2.87. The van der Waals surface area contributed by atoms with Gasteiger partial charge in [0.15, 0.2) is 0 Å². The molecule has 1 unspecified atom stereocenters. The molecule has 6 nitrogen and oxygen atoms in total. The summed E-state index contributed by atoms with van der Waals surface area (Å²) in [4.78, 5) is 22.8. The van der Waals surface area contributed by atoms with Gasteiger partial charge in [-0.3, -0.25) is 19.8 Å². The van der Waals surface area contributed by atoms with Crippen molar-refractivity contribution >= 4 is 11.7 Å². The molecule has 0 aliphatic carbocycles. The van der Waals surface area contributed by atoms with Crippen molar-refractivity contribution in [2.24, 2.45) is 5.92 Å². The molecular formula is C12H13FN2O4. The van der Waals surface area contributed by atoms with Gasteiger partial charge in [0, 0.05) is 19.2 Å². The molecule has 19 heavy (non-hydrogen) atoms. The van der Waals surface area contributed by atoms with Gasteiger partial charge in [-0.1, -0.05) is 6.07 Å². The van der Waals surface area contributed by atoms with Gasteiger partial charge in [-0.2, -0.15) is 0 Å². The average Bonchev–Trinajstić information content (AvgIpc) is 2.80. The van der Waals surface area contributed by atoms with E-state index in [-0.39, 0.29) is 17.8 Å². The van der Waals surface area contributed by atoms with Gasteiger partial charge < -0.3 is 5.11 Å². The number of carboxylic acids is 1. The molecular weight excluding hydrogens is 255 g/mol. The van der Waals surface area contributed by atoms with Crippen LogP contribution in [0.15, 0.2) is 18.2 Å². The van der Waals surface area contributed by atoms with Crippen molar-refractivity contribution in [3.63, 3.8) is 0 Å². The molecule has 1 atom stereocenters. The van der Waals surface area contributed by atoms with Gasteiger partial charge in [-0.15, -0.1) is 0 Å². The summed E-state index contributed by atoms with van der Waals surface area (Å²) < 4.78 is 13.7. The maximum absolute atomic E-state index is 13.7. The van der Waals surface area contributed by atoms with E-state index in [0.717, 1.165) is 0 Å². The zero-order valence-electron chi connectivity index (χ0n) is 10.1. The minimum atomic E-state index is -0.884. The second kappa shape index (κ2) is 5.31. The molecule has 0 aromatic heterocycles. The Morgan fingerprint density at radius 3 is 2.89 bits per heavy atom. The molecule has 0 spiro atoms. The second-order valence-electron chi connectivity index (χ2n) is 4.55. The van der Waals surface area contributed by atoms with Crippen LogP contribution in [0, 0.1) is 21.8 Å². The Kier molecular flexibility index (Phi) is 3.75. The Balaban J connectivity index is 2.16. The van der Waals surface area contributed by atoms with Crippen LogP contribution in [-0.4, -0.2) is 34.0 Å². The Morgan fingerprint density at radius 1 is 1.58 bits per heavy atom. The first-order valence-corrected chi connectivity index (χ1v) is 5.86. The van der Waals surface area contributed by atoms with Crippen LogP contribution in [-0.2, 0) is 11.3 Å². The molecule has 1 aromatic carbocycles. The number of nitro benzene ring substituents is 1. The quantitative estimate of drug-likeness (QED) is 0.663. The van der Waals surface area contributed by atoms with Crippen molar-refractivity contribution in [2.45, 2.75) is 13.0 Å². The molecule has 1 aliphatic rings. The summed E-state index contributed by atoms with van der Waals surface area (Å²) in [5.74, 6) is -2.00. The summed E-state index contributed by atoms with van der Waals surface area (Å²) in [5, 5.41) is 19.7. The first-order chi connectivity index (χ1) is 8.99. The standard InChI is InChI=1S/C12H13FN2O4/c13-10-2-1-3-11(15(18)19)9(10)7-14-5-4-8(6-14)12(16)17/h1-3,8H,4-7H2,(H,16,17). The molecule has 1 fully saturated rings. The molecule has 0 saturated carbocycles. The number of nitrogens with zero attached hydrogens (tertiary/aromatic N) is 2. The van der Waals surface area contributed by atoms with Crippen molar-refractivity contribution in [1.29, 1.82) is 0 Å². The zero-order valence-corrected chi connectivity index (χ0v) is 10.1. The van der Waals surface area contributed by atoms with E-state index >= 15 is 0 Å². The zero-order chi connectivity index (χ0) is 14.0. The lowest BCUT2D eigenvalue weighted by molar-refractivity contribution is -0.385. The topological polar surface area (TPSA) is 83.7 Å². The first kappa shape index (κ1) is 13.4. The normalized spacial score (nSPS) is 19.5. The van der Waals surface area contributed by atoms with E-state index in [1.54, 1.807) is 4.90 Å². The Labute approximate surface area is 108 Å². The van der Waals surface area contributed by atoms with Crippen LogP contribution in [0.4, 0.5) is 10.1 Å². The molecule has 7 heteroatoms. The number of aliphatic carboxylic acids is 1. The SMILES string of the molecule is O=C(O)C1CCN(Cc2c(F)cccc2[N+](=O)[O-])C1. The summed E-state index contributed by atoms with van der Waals surface area (Å²) >= 11 is 0. The number of likely N-dealkylation sites (tertiary alicyclic amines) is 1. The number of rotatable bonds is 4. The fourth-order valence-electron chi connectivity index (χ4n) is 2.28. The average molecular weight is 268 g/mol. The van der Waals surface area contributed by atoms with E-state index in [0.29, 0.717) is 19.5 Å². The van der Waals surface area contributed by atoms with Crippen molar-refractivity contribution in [2.75, 3.05) is 13.1 Å². The Bertz CT molecular complexity index is 520. The van der Waals surface area contributed by atoms with E-state index in [1.807, 2.05) is 0 Å². The Hall–Kier alpha value is -2.02. The molecule has 1 N–H and O–H groups in total. The molecule has 102 valence electrons. The summed E-state index contributed by atoms with van der Waals surface area (Å²) in [6.45, 7) is 0.857. The van der Waals surface area contributed by atoms with Crippen LogP contribution >= 0.6 is 0 Å². The van der Waals surface area contributed by atoms with Gasteiger partial charge in [0.1, 0.15) is 5.82 Å². The van der Waals surface area contributed by atoms with Crippen LogP contribution in [0.2, 0.25) is 0 Å². The van der Waals surface area contributed by atoms with Gasteiger partial charge in [0.05, 0.1) is 16.4 Å². The number of carboxylic acid groups (broad SMARTS) is 1. The van der Waals surface area contributed by atoms with Gasteiger partial charge in [0.2, 0.25) is 0 Å². The third-order valence-corrected chi connectivity index (χ3v) is 3.29. The smallest absolute Gasteiger partial charge is 0.307 e. The minimum Gasteiger partial charge on any atom is -0.481 e. The van der Waals surface area contributed by atoms with E-state index in [9.17, 15) is 19.3 Å². The second-order valence-corrected chi connectivity index (χ2v) is 4.55. The van der Waals surface area contributed by atoms with Crippen LogP contribution in [0.5, 0.6) is 0 Å². The number of nitro groups is 1. The Morgan fingerprint density at radius 2 is 2.32 bits per heavy atom. The number of carbonyl (C=O) groups is 1. The molecule has 0 radical (unpaired) electrons. The van der Waals surface area contributed by atoms with E-state index in [1.165, 1.54) is 18.2 Å². The van der Waals surface area contributed by atoms with E-state index in [4.69, 9.17) is 5.11 Å². The predicted octanol–water partition coefficient (Wildman–Crippen LogP) is 1.64. The van der Waals surface area contributed by atoms with E-state index in [2.05, 4.69) is 0 Å². The largest absolute Gasteiger partial charge is 0.481 e. The number of halogens is 1. The molecule has 1 aromatic rings. The molecule has 1 saturated heterocycles. The lowest BCUT2D eigenvalue weighted by Gasteiger charge is -2.15. The lowest BCUT2D eigenvalue weighted by Crippen LogP contribution is -2.23. The van der Waals surface area contributed by atoms with Crippen LogP contribution in [0.25, 0.3) is 0 Å². The van der Waals surface area contributed by atoms with Crippen LogP contribution in [0.1, 0.15) is 12.0 Å². The number of hydrogen-bond acceptors (Lipinski definition) is 4. The van der Waals surface area contributed by atoms with Gasteiger partial charge in [-0.05, 0) is 19.0 Å². The maximum atomic E-state index is 13.7. The highest BCUT2D eigenvalue weighted by molar-refractivity contribution is 5.70. The van der Waals surface area contributed by atoms with Gasteiger partial charge in [0.25, 0.3) is 5.69 Å². The lowest BCUT2D eigenvalue weighted by atomic mass is 10.1. The fourth-order valence-corrected chi connectivity index (χ4v) is 2.28. The molecule has 1 aliphatic heterocycles. The molecule has 0 amide bonds. The summed E-state index contributed by atoms with van der Waals surface area (Å²) in [6, 6.07) is 3.72. The number of hydrogen-bond donors (Lipinski definition) is 1. The summed E-state index contributed by atoms with van der Waals surface area (Å²) in [5.41, 5.74) is -0.252. The molecule has 0 bridgehead atoms. The van der Waals surface area contributed by atoms with E-state index < -0.39 is 22.6 Å². The van der Waals surface area contributed by atoms with Gasteiger partial charge in [-0.25, -0.2) is 4.39 Å². The van der Waals surface area contributed by atoms with Crippen molar-refractivity contribution in [3.05, 3.63) is 39.7 Å². The highest BCUT2D eigenvalue weighted by atomic mass is 19.1. The fraction of sp³-hybridized carbons (Fsp3) is 0.417. The van der Waals surface area contributed by atoms with Crippen LogP contribution in [0.3, 0.4) is 0 Å².